The molecule has 4 rings (SSSR count). The van der Waals surface area contributed by atoms with Gasteiger partial charge in [-0.15, -0.1) is 0 Å². The summed E-state index contributed by atoms with van der Waals surface area (Å²) in [5, 5.41) is 20.6. The van der Waals surface area contributed by atoms with Crippen molar-refractivity contribution in [2.45, 2.75) is 26.3 Å². The summed E-state index contributed by atoms with van der Waals surface area (Å²) >= 11 is 5.83. The first-order valence-electron chi connectivity index (χ1n) is 11.2. The highest BCUT2D eigenvalue weighted by molar-refractivity contribution is 7.80. The fourth-order valence-electron chi connectivity index (χ4n) is 4.15. The number of benzene rings is 3. The van der Waals surface area contributed by atoms with Gasteiger partial charge in [0.05, 0.1) is 33.1 Å². The predicted molar refractivity (Wildman–Crippen MR) is 142 cm³/mol. The average Bonchev–Trinajstić information content (AvgIpc) is 3.32. The van der Waals surface area contributed by atoms with E-state index in [0.29, 0.717) is 28.8 Å². The number of para-hydroxylation sites is 1. The van der Waals surface area contributed by atoms with Gasteiger partial charge >= 0.3 is 0 Å². The minimum Gasteiger partial charge on any atom is -0.508 e. The third kappa shape index (κ3) is 4.88. The van der Waals surface area contributed by atoms with Crippen molar-refractivity contribution in [3.8, 4) is 23.0 Å². The molecule has 0 saturated heterocycles. The lowest BCUT2D eigenvalue weighted by Gasteiger charge is -2.26. The number of hydrogen-bond acceptors (Lipinski definition) is 6. The minimum absolute atomic E-state index is 0.211. The summed E-state index contributed by atoms with van der Waals surface area (Å²) in [4.78, 5) is 0. The number of aryl methyl sites for hydroxylation is 2. The van der Waals surface area contributed by atoms with Crippen LogP contribution in [0.2, 0.25) is 0 Å². The molecule has 1 aliphatic heterocycles. The van der Waals surface area contributed by atoms with Crippen LogP contribution in [0.15, 0.2) is 59.7 Å². The number of phenols is 1. The topological polar surface area (TPSA) is 75.6 Å². The SMILES string of the molecule is COc1cc(C2CC(c3ccc(O)c(C)c3)=NN2C(=S)Nc2ccccc2C)cc(OC)c1OC. The molecule has 2 N–H and O–H groups in total. The third-order valence-corrected chi connectivity index (χ3v) is 6.40. The molecule has 0 amide bonds. The summed E-state index contributed by atoms with van der Waals surface area (Å²) in [5.74, 6) is 1.91. The molecule has 0 aromatic heterocycles. The Bertz CT molecular complexity index is 1270. The van der Waals surface area contributed by atoms with Gasteiger partial charge in [0, 0.05) is 12.1 Å². The standard InChI is InChI=1S/C27H29N3O4S/c1-16-8-6-7-9-20(16)28-27(35)30-22(15-21(29-30)18-10-11-23(31)17(2)12-18)19-13-24(32-3)26(34-5)25(14-19)33-4/h6-14,22,31H,15H2,1-5H3,(H,28,35). The zero-order valence-electron chi connectivity index (χ0n) is 20.5. The number of methoxy groups -OCH3 is 3. The Morgan fingerprint density at radius 1 is 0.971 bits per heavy atom. The van der Waals surface area contributed by atoms with E-state index in [-0.39, 0.29) is 11.8 Å². The number of thiocarbonyl (C=S) groups is 1. The van der Waals surface area contributed by atoms with E-state index in [2.05, 4.69) is 5.32 Å². The van der Waals surface area contributed by atoms with Crippen molar-refractivity contribution in [2.24, 2.45) is 5.10 Å². The van der Waals surface area contributed by atoms with Crippen molar-refractivity contribution in [3.63, 3.8) is 0 Å². The Morgan fingerprint density at radius 3 is 2.26 bits per heavy atom. The van der Waals surface area contributed by atoms with Crippen LogP contribution in [-0.2, 0) is 0 Å². The fraction of sp³-hybridized carbons (Fsp3) is 0.259. The van der Waals surface area contributed by atoms with Crippen LogP contribution in [-0.4, -0.2) is 42.3 Å². The fourth-order valence-corrected chi connectivity index (χ4v) is 4.42. The van der Waals surface area contributed by atoms with E-state index >= 15 is 0 Å². The van der Waals surface area contributed by atoms with Gasteiger partial charge in [-0.25, -0.2) is 5.01 Å². The smallest absolute Gasteiger partial charge is 0.203 e. The molecule has 8 heteroatoms. The number of anilines is 1. The summed E-state index contributed by atoms with van der Waals surface area (Å²) < 4.78 is 16.7. The Kier molecular flexibility index (Phi) is 7.12. The van der Waals surface area contributed by atoms with E-state index in [1.807, 2.05) is 67.4 Å². The Hall–Kier alpha value is -3.78. The summed E-state index contributed by atoms with van der Waals surface area (Å²) in [5.41, 5.74) is 5.50. The molecule has 0 bridgehead atoms. The van der Waals surface area contributed by atoms with Crippen LogP contribution in [0.1, 0.15) is 34.7 Å². The number of nitrogens with one attached hydrogen (secondary N) is 1. The quantitative estimate of drug-likeness (QED) is 0.436. The number of hydrogen-bond donors (Lipinski definition) is 2. The Balaban J connectivity index is 1.76. The van der Waals surface area contributed by atoms with Crippen LogP contribution in [0.4, 0.5) is 5.69 Å². The summed E-state index contributed by atoms with van der Waals surface area (Å²) in [6, 6.07) is 17.1. The van der Waals surface area contributed by atoms with Gasteiger partial charge in [0.25, 0.3) is 0 Å². The van der Waals surface area contributed by atoms with Crippen LogP contribution >= 0.6 is 12.2 Å². The number of rotatable bonds is 6. The molecule has 3 aromatic carbocycles. The maximum Gasteiger partial charge on any atom is 0.203 e. The summed E-state index contributed by atoms with van der Waals surface area (Å²) in [6.07, 6.45) is 0.596. The summed E-state index contributed by atoms with van der Waals surface area (Å²) in [6.45, 7) is 3.90. The number of aromatic hydroxyl groups is 1. The molecule has 0 aliphatic carbocycles. The van der Waals surface area contributed by atoms with Gasteiger partial charge in [0.2, 0.25) is 5.75 Å². The lowest BCUT2D eigenvalue weighted by atomic mass is 9.97. The lowest BCUT2D eigenvalue weighted by Crippen LogP contribution is -2.31. The first-order valence-corrected chi connectivity index (χ1v) is 11.6. The first-order chi connectivity index (χ1) is 16.9. The van der Waals surface area contributed by atoms with Crippen molar-refractivity contribution in [2.75, 3.05) is 26.6 Å². The molecule has 0 spiro atoms. The molecule has 0 fully saturated rings. The van der Waals surface area contributed by atoms with Gasteiger partial charge in [0.1, 0.15) is 5.75 Å². The molecule has 182 valence electrons. The normalized spacial score (nSPS) is 14.9. The molecular formula is C27H29N3O4S. The number of phenolic OH excluding ortho intramolecular Hbond substituents is 1. The van der Waals surface area contributed by atoms with Crippen LogP contribution in [0.25, 0.3) is 0 Å². The largest absolute Gasteiger partial charge is 0.508 e. The van der Waals surface area contributed by atoms with Gasteiger partial charge in [0.15, 0.2) is 16.6 Å². The molecule has 1 unspecified atom stereocenters. The molecule has 0 saturated carbocycles. The van der Waals surface area contributed by atoms with Crippen LogP contribution in [0, 0.1) is 13.8 Å². The van der Waals surface area contributed by atoms with E-state index in [1.165, 1.54) is 0 Å². The zero-order valence-corrected chi connectivity index (χ0v) is 21.3. The molecule has 3 aromatic rings. The monoisotopic (exact) mass is 491 g/mol. The van der Waals surface area contributed by atoms with Gasteiger partial charge in [-0.3, -0.25) is 0 Å². The molecule has 1 heterocycles. The van der Waals surface area contributed by atoms with Crippen molar-refractivity contribution in [1.29, 1.82) is 0 Å². The molecule has 7 nitrogen and oxygen atoms in total. The maximum atomic E-state index is 9.99. The second-order valence-electron chi connectivity index (χ2n) is 8.32. The molecular weight excluding hydrogens is 462 g/mol. The van der Waals surface area contributed by atoms with E-state index in [9.17, 15) is 5.11 Å². The predicted octanol–water partition coefficient (Wildman–Crippen LogP) is 5.58. The van der Waals surface area contributed by atoms with Gasteiger partial charge in [-0.1, -0.05) is 18.2 Å². The molecule has 0 radical (unpaired) electrons. The van der Waals surface area contributed by atoms with Crippen molar-refractivity contribution in [1.82, 2.24) is 5.01 Å². The van der Waals surface area contributed by atoms with Crippen LogP contribution < -0.4 is 19.5 Å². The number of nitrogens with zero attached hydrogens (tertiary/aromatic N) is 2. The maximum absolute atomic E-state index is 9.99. The second kappa shape index (κ2) is 10.2. The van der Waals surface area contributed by atoms with Crippen molar-refractivity contribution < 1.29 is 19.3 Å². The highest BCUT2D eigenvalue weighted by Crippen LogP contribution is 2.43. The molecule has 35 heavy (non-hydrogen) atoms. The highest BCUT2D eigenvalue weighted by atomic mass is 32.1. The van der Waals surface area contributed by atoms with Gasteiger partial charge < -0.3 is 24.6 Å². The van der Waals surface area contributed by atoms with E-state index in [0.717, 1.165) is 33.7 Å². The third-order valence-electron chi connectivity index (χ3n) is 6.11. The van der Waals surface area contributed by atoms with Gasteiger partial charge in [-0.2, -0.15) is 5.10 Å². The molecule has 1 atom stereocenters. The summed E-state index contributed by atoms with van der Waals surface area (Å²) in [7, 11) is 4.77. The van der Waals surface area contributed by atoms with E-state index in [4.69, 9.17) is 31.5 Å². The average molecular weight is 492 g/mol. The zero-order chi connectivity index (χ0) is 25.1. The van der Waals surface area contributed by atoms with Gasteiger partial charge in [-0.05, 0) is 84.7 Å². The second-order valence-corrected chi connectivity index (χ2v) is 8.70. The number of hydrazone groups is 1. The minimum atomic E-state index is -0.211. The van der Waals surface area contributed by atoms with Crippen LogP contribution in [0.5, 0.6) is 23.0 Å². The first kappa shape index (κ1) is 24.3. The van der Waals surface area contributed by atoms with E-state index < -0.39 is 0 Å². The van der Waals surface area contributed by atoms with E-state index in [1.54, 1.807) is 27.4 Å². The Labute approximate surface area is 210 Å². The number of ether oxygens (including phenoxy) is 3. The van der Waals surface area contributed by atoms with Crippen molar-refractivity contribution >= 4 is 28.7 Å². The highest BCUT2D eigenvalue weighted by Gasteiger charge is 2.33. The molecule has 1 aliphatic rings. The van der Waals surface area contributed by atoms with Crippen molar-refractivity contribution in [3.05, 3.63) is 76.9 Å². The Morgan fingerprint density at radius 2 is 1.66 bits per heavy atom. The lowest BCUT2D eigenvalue weighted by molar-refractivity contribution is 0.319. The van der Waals surface area contributed by atoms with Crippen LogP contribution in [0.3, 0.4) is 0 Å².